The Morgan fingerprint density at radius 2 is 1.95 bits per heavy atom. The number of fused-ring (bicyclic) bond motifs is 1. The van der Waals surface area contributed by atoms with Gasteiger partial charge in [0.05, 0.1) is 5.39 Å². The Morgan fingerprint density at radius 1 is 1.20 bits per heavy atom. The van der Waals surface area contributed by atoms with E-state index < -0.39 is 5.91 Å². The van der Waals surface area contributed by atoms with Gasteiger partial charge in [-0.25, -0.2) is 5.48 Å². The van der Waals surface area contributed by atoms with Gasteiger partial charge in [0, 0.05) is 11.1 Å². The molecule has 0 bridgehead atoms. The number of benzene rings is 2. The summed E-state index contributed by atoms with van der Waals surface area (Å²) in [5.41, 5.74) is 4.66. The summed E-state index contributed by atoms with van der Waals surface area (Å²) in [6, 6.07) is 12.7. The Labute approximate surface area is 114 Å². The normalized spacial score (nSPS) is 10.7. The maximum Gasteiger partial charge on any atom is 0.274 e. The molecule has 0 radical (unpaired) electrons. The monoisotopic (exact) mass is 268 g/mol. The average Bonchev–Trinajstić information content (AvgIpc) is 2.90. The van der Waals surface area contributed by atoms with E-state index in [0.29, 0.717) is 16.8 Å². The van der Waals surface area contributed by atoms with E-state index in [4.69, 9.17) is 9.73 Å². The molecule has 100 valence electrons. The molecule has 2 N–H and O–H groups in total. The molecule has 0 aliphatic carbocycles. The standard InChI is InChI=1S/C15H12N2O3/c1-9-2-4-10(5-3-9)14-12-8-11(15(18)16-19)6-7-13(12)17-20-14/h2-8,19H,1H3,(H,16,18). The highest BCUT2D eigenvalue weighted by molar-refractivity contribution is 6.00. The van der Waals surface area contributed by atoms with Crippen molar-refractivity contribution < 1.29 is 14.5 Å². The third kappa shape index (κ3) is 2.04. The lowest BCUT2D eigenvalue weighted by Gasteiger charge is -2.00. The predicted octanol–water partition coefficient (Wildman–Crippen LogP) is 2.92. The molecule has 5 nitrogen and oxygen atoms in total. The van der Waals surface area contributed by atoms with Crippen molar-refractivity contribution in [3.05, 3.63) is 53.6 Å². The number of nitrogens with zero attached hydrogens (tertiary/aromatic N) is 1. The van der Waals surface area contributed by atoms with Crippen LogP contribution in [0.25, 0.3) is 22.2 Å². The van der Waals surface area contributed by atoms with Crippen molar-refractivity contribution in [2.45, 2.75) is 6.92 Å². The Balaban J connectivity index is 2.16. The van der Waals surface area contributed by atoms with Gasteiger partial charge in [-0.1, -0.05) is 35.0 Å². The lowest BCUT2D eigenvalue weighted by Crippen LogP contribution is -2.18. The van der Waals surface area contributed by atoms with Crippen LogP contribution in [0.3, 0.4) is 0 Å². The second-order valence-corrected chi connectivity index (χ2v) is 4.55. The molecule has 1 amide bonds. The zero-order valence-corrected chi connectivity index (χ0v) is 10.8. The average molecular weight is 268 g/mol. The highest BCUT2D eigenvalue weighted by atomic mass is 16.5. The van der Waals surface area contributed by atoms with Crippen molar-refractivity contribution in [3.8, 4) is 11.3 Å². The van der Waals surface area contributed by atoms with Crippen molar-refractivity contribution in [1.82, 2.24) is 10.6 Å². The first-order chi connectivity index (χ1) is 9.69. The lowest BCUT2D eigenvalue weighted by atomic mass is 10.0. The third-order valence-electron chi connectivity index (χ3n) is 3.15. The van der Waals surface area contributed by atoms with E-state index in [1.54, 1.807) is 23.7 Å². The van der Waals surface area contributed by atoms with Crippen LogP contribution < -0.4 is 5.48 Å². The van der Waals surface area contributed by atoms with Gasteiger partial charge in [0.15, 0.2) is 5.76 Å². The number of amides is 1. The first-order valence-corrected chi connectivity index (χ1v) is 6.10. The number of hydrogen-bond donors (Lipinski definition) is 2. The fraction of sp³-hybridized carbons (Fsp3) is 0.0667. The fourth-order valence-electron chi connectivity index (χ4n) is 2.06. The van der Waals surface area contributed by atoms with Crippen molar-refractivity contribution in [3.63, 3.8) is 0 Å². The van der Waals surface area contributed by atoms with Crippen LogP contribution in [-0.4, -0.2) is 16.3 Å². The molecule has 2 aromatic carbocycles. The van der Waals surface area contributed by atoms with E-state index in [9.17, 15) is 4.79 Å². The van der Waals surface area contributed by atoms with E-state index >= 15 is 0 Å². The van der Waals surface area contributed by atoms with Gasteiger partial charge in [0.2, 0.25) is 0 Å². The van der Waals surface area contributed by atoms with Crippen molar-refractivity contribution >= 4 is 16.8 Å². The molecule has 1 aromatic heterocycles. The molecule has 0 atom stereocenters. The van der Waals surface area contributed by atoms with Gasteiger partial charge in [0.1, 0.15) is 5.52 Å². The van der Waals surface area contributed by atoms with Gasteiger partial charge in [-0.2, -0.15) is 0 Å². The number of carbonyl (C=O) groups excluding carboxylic acids is 1. The molecule has 20 heavy (non-hydrogen) atoms. The highest BCUT2D eigenvalue weighted by Gasteiger charge is 2.13. The second kappa shape index (κ2) is 4.79. The maximum atomic E-state index is 11.5. The zero-order chi connectivity index (χ0) is 14.1. The van der Waals surface area contributed by atoms with Crippen LogP contribution in [0, 0.1) is 6.92 Å². The van der Waals surface area contributed by atoms with Gasteiger partial charge in [0.25, 0.3) is 5.91 Å². The van der Waals surface area contributed by atoms with Crippen LogP contribution in [0.2, 0.25) is 0 Å². The quantitative estimate of drug-likeness (QED) is 0.553. The molecule has 3 aromatic rings. The number of nitrogens with one attached hydrogen (secondary N) is 1. The summed E-state index contributed by atoms with van der Waals surface area (Å²) in [5.74, 6) is 0.0375. The molecular weight excluding hydrogens is 256 g/mol. The second-order valence-electron chi connectivity index (χ2n) is 4.55. The molecule has 0 aliphatic heterocycles. The van der Waals surface area contributed by atoms with Crippen molar-refractivity contribution in [2.75, 3.05) is 0 Å². The SMILES string of the molecule is Cc1ccc(-c2onc3ccc(C(=O)NO)cc23)cc1. The molecular formula is C15H12N2O3. The largest absolute Gasteiger partial charge is 0.355 e. The van der Waals surface area contributed by atoms with E-state index in [0.717, 1.165) is 16.5 Å². The van der Waals surface area contributed by atoms with Gasteiger partial charge >= 0.3 is 0 Å². The van der Waals surface area contributed by atoms with E-state index in [-0.39, 0.29) is 0 Å². The van der Waals surface area contributed by atoms with Crippen LogP contribution in [0.5, 0.6) is 0 Å². The number of hydroxylamine groups is 1. The van der Waals surface area contributed by atoms with Crippen LogP contribution in [0.15, 0.2) is 47.0 Å². The fourth-order valence-corrected chi connectivity index (χ4v) is 2.06. The zero-order valence-electron chi connectivity index (χ0n) is 10.8. The molecule has 0 aliphatic rings. The van der Waals surface area contributed by atoms with Gasteiger partial charge in [-0.3, -0.25) is 10.0 Å². The lowest BCUT2D eigenvalue weighted by molar-refractivity contribution is 0.0706. The van der Waals surface area contributed by atoms with Crippen LogP contribution in [0.1, 0.15) is 15.9 Å². The summed E-state index contributed by atoms with van der Waals surface area (Å²) in [6.45, 7) is 2.01. The molecule has 0 fully saturated rings. The van der Waals surface area contributed by atoms with Gasteiger partial charge in [-0.05, 0) is 25.1 Å². The molecule has 0 spiro atoms. The molecule has 5 heteroatoms. The molecule has 3 rings (SSSR count). The number of hydrogen-bond acceptors (Lipinski definition) is 4. The summed E-state index contributed by atoms with van der Waals surface area (Å²) in [6.07, 6.45) is 0. The first kappa shape index (κ1) is 12.4. The highest BCUT2D eigenvalue weighted by Crippen LogP contribution is 2.29. The summed E-state index contributed by atoms with van der Waals surface area (Å²) >= 11 is 0. The molecule has 0 unspecified atom stereocenters. The van der Waals surface area contributed by atoms with Crippen LogP contribution in [0.4, 0.5) is 0 Å². The summed E-state index contributed by atoms with van der Waals surface area (Å²) in [7, 11) is 0. The number of carbonyl (C=O) groups is 1. The molecule has 0 saturated carbocycles. The number of aromatic nitrogens is 1. The van der Waals surface area contributed by atoms with Crippen molar-refractivity contribution in [2.24, 2.45) is 0 Å². The summed E-state index contributed by atoms with van der Waals surface area (Å²) in [4.78, 5) is 11.5. The maximum absolute atomic E-state index is 11.5. The topological polar surface area (TPSA) is 75.4 Å². The van der Waals surface area contributed by atoms with E-state index in [2.05, 4.69) is 5.16 Å². The minimum Gasteiger partial charge on any atom is -0.355 e. The first-order valence-electron chi connectivity index (χ1n) is 6.10. The van der Waals surface area contributed by atoms with Crippen LogP contribution >= 0.6 is 0 Å². The molecule has 0 saturated heterocycles. The summed E-state index contributed by atoms with van der Waals surface area (Å²) < 4.78 is 5.37. The van der Waals surface area contributed by atoms with Crippen LogP contribution in [-0.2, 0) is 0 Å². The Hall–Kier alpha value is -2.66. The number of aryl methyl sites for hydroxylation is 1. The minimum atomic E-state index is -0.567. The third-order valence-corrected chi connectivity index (χ3v) is 3.15. The van der Waals surface area contributed by atoms with Crippen molar-refractivity contribution in [1.29, 1.82) is 0 Å². The Kier molecular flexibility index (Phi) is 2.96. The van der Waals surface area contributed by atoms with Gasteiger partial charge < -0.3 is 4.52 Å². The Bertz CT molecular complexity index is 775. The van der Waals surface area contributed by atoms with E-state index in [1.807, 2.05) is 31.2 Å². The summed E-state index contributed by atoms with van der Waals surface area (Å²) in [5, 5.41) is 13.4. The smallest absolute Gasteiger partial charge is 0.274 e. The van der Waals surface area contributed by atoms with Gasteiger partial charge in [-0.15, -0.1) is 0 Å². The molecule has 1 heterocycles. The van der Waals surface area contributed by atoms with E-state index in [1.165, 1.54) is 0 Å². The predicted molar refractivity (Wildman–Crippen MR) is 73.4 cm³/mol. The number of rotatable bonds is 2. The Morgan fingerprint density at radius 3 is 2.65 bits per heavy atom. The minimum absolute atomic E-state index is 0.344.